The topological polar surface area (TPSA) is 24.9 Å². The van der Waals surface area contributed by atoms with Crippen molar-refractivity contribution < 1.29 is 0 Å². The van der Waals surface area contributed by atoms with E-state index in [1.54, 1.807) is 6.20 Å². The number of nitrogens with zero attached hydrogens (tertiary/aromatic N) is 1. The molecule has 5 heteroatoms. The van der Waals surface area contributed by atoms with Crippen molar-refractivity contribution in [3.63, 3.8) is 0 Å². The molecule has 1 aromatic carbocycles. The average molecular weight is 368 g/mol. The summed E-state index contributed by atoms with van der Waals surface area (Å²) in [5.41, 5.74) is 0.950. The molecule has 0 saturated heterocycles. The van der Waals surface area contributed by atoms with E-state index >= 15 is 0 Å². The van der Waals surface area contributed by atoms with Gasteiger partial charge in [-0.2, -0.15) is 0 Å². The standard InChI is InChI=1S/C15H12BrClN2S/c1-9(19-11-7-12(16)15(17)18-8-11)14-6-10-4-2-3-5-13(10)20-14/h2-9,19H,1H3. The van der Waals surface area contributed by atoms with Gasteiger partial charge in [0.25, 0.3) is 0 Å². The van der Waals surface area contributed by atoms with Crippen molar-refractivity contribution >= 4 is 54.6 Å². The quantitative estimate of drug-likeness (QED) is 0.584. The lowest BCUT2D eigenvalue weighted by Gasteiger charge is -2.13. The van der Waals surface area contributed by atoms with E-state index in [0.717, 1.165) is 10.2 Å². The highest BCUT2D eigenvalue weighted by molar-refractivity contribution is 9.10. The molecule has 0 fully saturated rings. The van der Waals surface area contributed by atoms with E-state index in [4.69, 9.17) is 11.6 Å². The Hall–Kier alpha value is -1.10. The molecule has 2 aromatic heterocycles. The van der Waals surface area contributed by atoms with E-state index in [2.05, 4.69) is 63.5 Å². The molecule has 0 spiro atoms. The molecule has 3 rings (SSSR count). The minimum absolute atomic E-state index is 0.224. The maximum absolute atomic E-state index is 5.90. The molecule has 102 valence electrons. The first kappa shape index (κ1) is 13.9. The van der Waals surface area contributed by atoms with Gasteiger partial charge < -0.3 is 5.32 Å². The monoisotopic (exact) mass is 366 g/mol. The molecule has 3 aromatic rings. The minimum Gasteiger partial charge on any atom is -0.376 e. The van der Waals surface area contributed by atoms with Crippen LogP contribution in [0.2, 0.25) is 5.15 Å². The van der Waals surface area contributed by atoms with Crippen molar-refractivity contribution in [2.75, 3.05) is 5.32 Å². The van der Waals surface area contributed by atoms with Gasteiger partial charge in [0.15, 0.2) is 0 Å². The van der Waals surface area contributed by atoms with Gasteiger partial charge in [-0.3, -0.25) is 0 Å². The first-order valence-electron chi connectivity index (χ1n) is 6.19. The Morgan fingerprint density at radius 3 is 2.85 bits per heavy atom. The van der Waals surface area contributed by atoms with Crippen LogP contribution in [0.1, 0.15) is 17.8 Å². The third-order valence-corrected chi connectivity index (χ3v) is 5.48. The van der Waals surface area contributed by atoms with E-state index in [1.807, 2.05) is 17.4 Å². The Morgan fingerprint density at radius 2 is 2.10 bits per heavy atom. The summed E-state index contributed by atoms with van der Waals surface area (Å²) >= 11 is 11.1. The number of benzene rings is 1. The molecule has 2 nitrogen and oxygen atoms in total. The van der Waals surface area contributed by atoms with Gasteiger partial charge in [0, 0.05) is 9.58 Å². The Labute approximate surface area is 134 Å². The molecule has 0 aliphatic heterocycles. The normalized spacial score (nSPS) is 12.6. The number of rotatable bonds is 3. The zero-order chi connectivity index (χ0) is 14.1. The lowest BCUT2D eigenvalue weighted by Crippen LogP contribution is -2.05. The highest BCUT2D eigenvalue weighted by Crippen LogP contribution is 2.32. The van der Waals surface area contributed by atoms with Crippen LogP contribution in [-0.4, -0.2) is 4.98 Å². The molecule has 1 atom stereocenters. The number of hydrogen-bond donors (Lipinski definition) is 1. The van der Waals surface area contributed by atoms with Crippen LogP contribution in [0, 0.1) is 0 Å². The van der Waals surface area contributed by atoms with E-state index in [9.17, 15) is 0 Å². The molecule has 2 heterocycles. The van der Waals surface area contributed by atoms with Crippen molar-refractivity contribution in [2.24, 2.45) is 0 Å². The fourth-order valence-electron chi connectivity index (χ4n) is 2.04. The SMILES string of the molecule is CC(Nc1cnc(Cl)c(Br)c1)c1cc2ccccc2s1. The summed E-state index contributed by atoms with van der Waals surface area (Å²) in [5, 5.41) is 5.21. The fraction of sp³-hybridized carbons (Fsp3) is 0.133. The highest BCUT2D eigenvalue weighted by atomic mass is 79.9. The van der Waals surface area contributed by atoms with E-state index in [-0.39, 0.29) is 6.04 Å². The van der Waals surface area contributed by atoms with Crippen LogP contribution in [0.3, 0.4) is 0 Å². The van der Waals surface area contributed by atoms with Crippen LogP contribution in [0.15, 0.2) is 47.1 Å². The lowest BCUT2D eigenvalue weighted by atomic mass is 10.2. The Morgan fingerprint density at radius 1 is 1.30 bits per heavy atom. The van der Waals surface area contributed by atoms with Crippen LogP contribution in [0.4, 0.5) is 5.69 Å². The van der Waals surface area contributed by atoms with Crippen molar-refractivity contribution in [2.45, 2.75) is 13.0 Å². The van der Waals surface area contributed by atoms with Gasteiger partial charge in [-0.25, -0.2) is 4.98 Å². The fourth-order valence-corrected chi connectivity index (χ4v) is 3.56. The maximum Gasteiger partial charge on any atom is 0.143 e. The molecule has 20 heavy (non-hydrogen) atoms. The molecule has 0 aliphatic rings. The van der Waals surface area contributed by atoms with Crippen molar-refractivity contribution in [3.8, 4) is 0 Å². The van der Waals surface area contributed by atoms with Gasteiger partial charge in [0.2, 0.25) is 0 Å². The summed E-state index contributed by atoms with van der Waals surface area (Å²) in [7, 11) is 0. The summed E-state index contributed by atoms with van der Waals surface area (Å²) < 4.78 is 2.11. The molecular formula is C15H12BrClN2S. The summed E-state index contributed by atoms with van der Waals surface area (Å²) in [6, 6.07) is 12.8. The Kier molecular flexibility index (Phi) is 3.96. The Balaban J connectivity index is 1.84. The number of fused-ring (bicyclic) bond motifs is 1. The number of anilines is 1. The third-order valence-electron chi connectivity index (χ3n) is 3.05. The smallest absolute Gasteiger partial charge is 0.143 e. The largest absolute Gasteiger partial charge is 0.376 e. The van der Waals surface area contributed by atoms with Gasteiger partial charge in [0.1, 0.15) is 5.15 Å². The van der Waals surface area contributed by atoms with Crippen LogP contribution in [0.5, 0.6) is 0 Å². The first-order chi connectivity index (χ1) is 9.63. The number of aromatic nitrogens is 1. The molecule has 0 saturated carbocycles. The third kappa shape index (κ3) is 2.82. The molecule has 1 unspecified atom stereocenters. The number of pyridine rings is 1. The van der Waals surface area contributed by atoms with E-state index < -0.39 is 0 Å². The van der Waals surface area contributed by atoms with Gasteiger partial charge in [0.05, 0.1) is 22.4 Å². The number of thiophene rings is 1. The molecule has 0 amide bonds. The van der Waals surface area contributed by atoms with Gasteiger partial charge in [-0.1, -0.05) is 29.8 Å². The van der Waals surface area contributed by atoms with Crippen LogP contribution < -0.4 is 5.32 Å². The van der Waals surface area contributed by atoms with E-state index in [1.165, 1.54) is 15.0 Å². The molecule has 0 aliphatic carbocycles. The molecule has 1 N–H and O–H groups in total. The summed E-state index contributed by atoms with van der Waals surface area (Å²) in [6.45, 7) is 2.15. The van der Waals surface area contributed by atoms with Crippen LogP contribution >= 0.6 is 38.9 Å². The van der Waals surface area contributed by atoms with Crippen LogP contribution in [0.25, 0.3) is 10.1 Å². The minimum atomic E-state index is 0.224. The number of halogens is 2. The predicted molar refractivity (Wildman–Crippen MR) is 90.8 cm³/mol. The second-order valence-corrected chi connectivity index (χ2v) is 6.88. The molecule has 0 radical (unpaired) electrons. The number of nitrogens with one attached hydrogen (secondary N) is 1. The van der Waals surface area contributed by atoms with Gasteiger partial charge >= 0.3 is 0 Å². The van der Waals surface area contributed by atoms with Gasteiger partial charge in [-0.05, 0) is 46.4 Å². The lowest BCUT2D eigenvalue weighted by molar-refractivity contribution is 0.906. The number of hydrogen-bond acceptors (Lipinski definition) is 3. The maximum atomic E-state index is 5.90. The summed E-state index contributed by atoms with van der Waals surface area (Å²) in [4.78, 5) is 5.43. The second-order valence-electron chi connectivity index (χ2n) is 4.55. The summed E-state index contributed by atoms with van der Waals surface area (Å²) in [5.74, 6) is 0. The predicted octanol–water partition coefficient (Wildman–Crippen LogP) is 5.89. The molecular weight excluding hydrogens is 356 g/mol. The second kappa shape index (κ2) is 5.72. The Bertz CT molecular complexity index is 723. The zero-order valence-electron chi connectivity index (χ0n) is 10.7. The van der Waals surface area contributed by atoms with E-state index in [0.29, 0.717) is 5.15 Å². The zero-order valence-corrected chi connectivity index (χ0v) is 13.9. The first-order valence-corrected chi connectivity index (χ1v) is 8.18. The van der Waals surface area contributed by atoms with Crippen molar-refractivity contribution in [1.82, 2.24) is 4.98 Å². The van der Waals surface area contributed by atoms with Crippen molar-refractivity contribution in [1.29, 1.82) is 0 Å². The van der Waals surface area contributed by atoms with Crippen molar-refractivity contribution in [3.05, 3.63) is 57.1 Å². The highest BCUT2D eigenvalue weighted by Gasteiger charge is 2.10. The molecule has 0 bridgehead atoms. The average Bonchev–Trinajstić information content (AvgIpc) is 2.87. The van der Waals surface area contributed by atoms with Crippen LogP contribution in [-0.2, 0) is 0 Å². The van der Waals surface area contributed by atoms with Gasteiger partial charge in [-0.15, -0.1) is 11.3 Å². The summed E-state index contributed by atoms with van der Waals surface area (Å²) in [6.07, 6.45) is 1.75.